The number of ether oxygens (including phenoxy) is 1. The van der Waals surface area contributed by atoms with Crippen LogP contribution in [0.5, 0.6) is 0 Å². The number of nitro benzene ring substituents is 1. The molecule has 1 saturated heterocycles. The first-order chi connectivity index (χ1) is 16.2. The molecule has 0 atom stereocenters. The SMILES string of the molecule is C#CCn1c(=NC(=O)c2ccc(N3CCOCC3)c([N+](=O)[O-])c2)sc2cc(S(N)(=O)=O)ccc21. The van der Waals surface area contributed by atoms with Crippen molar-refractivity contribution in [1.29, 1.82) is 0 Å². The molecule has 1 fully saturated rings. The van der Waals surface area contributed by atoms with Crippen LogP contribution in [0.15, 0.2) is 46.3 Å². The molecule has 1 amide bonds. The average molecular weight is 502 g/mol. The number of amides is 1. The first-order valence-electron chi connectivity index (χ1n) is 9.99. The summed E-state index contributed by atoms with van der Waals surface area (Å²) in [7, 11) is -3.92. The highest BCUT2D eigenvalue weighted by Gasteiger charge is 2.23. The number of morpholine rings is 1. The standard InChI is InChI=1S/C21H19N5O6S2/c1-2-7-25-17-6-4-15(34(22,30)31)13-19(17)33-21(25)23-20(27)14-3-5-16(18(12-14)26(28)29)24-8-10-32-11-9-24/h1,3-6,12-13H,7-11H2,(H2,22,30,31). The van der Waals surface area contributed by atoms with E-state index in [1.54, 1.807) is 4.57 Å². The summed E-state index contributed by atoms with van der Waals surface area (Å²) in [5.41, 5.74) is 0.826. The third kappa shape index (κ3) is 4.70. The topological polar surface area (TPSA) is 150 Å². The molecular weight excluding hydrogens is 482 g/mol. The van der Waals surface area contributed by atoms with E-state index in [-0.39, 0.29) is 27.5 Å². The molecule has 1 aliphatic heterocycles. The first kappa shape index (κ1) is 23.6. The van der Waals surface area contributed by atoms with Gasteiger partial charge in [-0.2, -0.15) is 4.99 Å². The molecule has 4 rings (SSSR count). The van der Waals surface area contributed by atoms with Gasteiger partial charge in [0.2, 0.25) is 10.0 Å². The molecule has 3 aromatic rings. The van der Waals surface area contributed by atoms with Crippen molar-refractivity contribution in [1.82, 2.24) is 4.57 Å². The lowest BCUT2D eigenvalue weighted by Crippen LogP contribution is -2.36. The van der Waals surface area contributed by atoms with E-state index in [2.05, 4.69) is 10.9 Å². The minimum absolute atomic E-state index is 0.0404. The van der Waals surface area contributed by atoms with Gasteiger partial charge in [-0.25, -0.2) is 13.6 Å². The van der Waals surface area contributed by atoms with Gasteiger partial charge >= 0.3 is 0 Å². The molecule has 13 heteroatoms. The van der Waals surface area contributed by atoms with E-state index in [0.717, 1.165) is 11.3 Å². The van der Waals surface area contributed by atoms with Gasteiger partial charge in [0.15, 0.2) is 4.80 Å². The molecule has 11 nitrogen and oxygen atoms in total. The van der Waals surface area contributed by atoms with Crippen LogP contribution in [0.2, 0.25) is 0 Å². The molecule has 1 aliphatic rings. The summed E-state index contributed by atoms with van der Waals surface area (Å²) in [6.45, 7) is 2.01. The minimum atomic E-state index is -3.92. The van der Waals surface area contributed by atoms with E-state index in [4.69, 9.17) is 16.3 Å². The lowest BCUT2D eigenvalue weighted by atomic mass is 10.1. The lowest BCUT2D eigenvalue weighted by Gasteiger charge is -2.28. The Hall–Kier alpha value is -3.57. The minimum Gasteiger partial charge on any atom is -0.378 e. The third-order valence-corrected chi connectivity index (χ3v) is 7.15. The van der Waals surface area contributed by atoms with E-state index in [0.29, 0.717) is 42.2 Å². The van der Waals surface area contributed by atoms with Gasteiger partial charge in [0.25, 0.3) is 11.6 Å². The van der Waals surface area contributed by atoms with Crippen molar-refractivity contribution in [2.75, 3.05) is 31.2 Å². The Labute approximate surface area is 198 Å². The maximum absolute atomic E-state index is 12.9. The number of nitrogens with two attached hydrogens (primary N) is 1. The van der Waals surface area contributed by atoms with Crippen molar-refractivity contribution in [3.05, 3.63) is 56.9 Å². The van der Waals surface area contributed by atoms with E-state index < -0.39 is 20.9 Å². The number of hydrogen-bond donors (Lipinski definition) is 1. The molecule has 0 spiro atoms. The van der Waals surface area contributed by atoms with Crippen LogP contribution in [0.1, 0.15) is 10.4 Å². The molecule has 176 valence electrons. The van der Waals surface area contributed by atoms with Gasteiger partial charge in [0.05, 0.1) is 39.8 Å². The predicted octanol–water partition coefficient (Wildman–Crippen LogP) is 1.47. The van der Waals surface area contributed by atoms with Crippen molar-refractivity contribution < 1.29 is 22.9 Å². The second kappa shape index (κ2) is 9.35. The first-order valence-corrected chi connectivity index (χ1v) is 12.3. The predicted molar refractivity (Wildman–Crippen MR) is 126 cm³/mol. The average Bonchev–Trinajstić information content (AvgIpc) is 3.15. The molecule has 1 aromatic heterocycles. The largest absolute Gasteiger partial charge is 0.378 e. The van der Waals surface area contributed by atoms with E-state index in [9.17, 15) is 23.3 Å². The molecule has 0 aliphatic carbocycles. The lowest BCUT2D eigenvalue weighted by molar-refractivity contribution is -0.384. The number of thiazole rings is 1. The molecule has 0 radical (unpaired) electrons. The highest BCUT2D eigenvalue weighted by Crippen LogP contribution is 2.30. The van der Waals surface area contributed by atoms with Crippen molar-refractivity contribution >= 4 is 48.9 Å². The summed E-state index contributed by atoms with van der Waals surface area (Å²) < 4.78 is 30.8. The van der Waals surface area contributed by atoms with Crippen LogP contribution >= 0.6 is 11.3 Å². The number of nitrogens with zero attached hydrogens (tertiary/aromatic N) is 4. The third-order valence-electron chi connectivity index (χ3n) is 5.20. The van der Waals surface area contributed by atoms with Crippen LogP contribution in [-0.2, 0) is 21.3 Å². The molecular formula is C21H19N5O6S2. The summed E-state index contributed by atoms with van der Waals surface area (Å²) in [5.74, 6) is 1.78. The fourth-order valence-electron chi connectivity index (χ4n) is 3.59. The Morgan fingerprint density at radius 3 is 2.65 bits per heavy atom. The molecule has 2 heterocycles. The van der Waals surface area contributed by atoms with Crippen LogP contribution in [0.25, 0.3) is 10.2 Å². The number of terminal acetylenes is 1. The van der Waals surface area contributed by atoms with Gasteiger partial charge in [-0.05, 0) is 30.3 Å². The Morgan fingerprint density at radius 2 is 2.00 bits per heavy atom. The van der Waals surface area contributed by atoms with Crippen LogP contribution in [0.3, 0.4) is 0 Å². The Kier molecular flexibility index (Phi) is 6.49. The van der Waals surface area contributed by atoms with Gasteiger partial charge in [0.1, 0.15) is 5.69 Å². The molecule has 34 heavy (non-hydrogen) atoms. The number of sulfonamides is 1. The highest BCUT2D eigenvalue weighted by atomic mass is 32.2. The Balaban J connectivity index is 1.78. The summed E-state index contributed by atoms with van der Waals surface area (Å²) in [5, 5.41) is 16.9. The number of hydrogen-bond acceptors (Lipinski definition) is 8. The number of carbonyl (C=O) groups excluding carboxylic acids is 1. The fraction of sp³-hybridized carbons (Fsp3) is 0.238. The van der Waals surface area contributed by atoms with Crippen LogP contribution in [0.4, 0.5) is 11.4 Å². The van der Waals surface area contributed by atoms with E-state index in [1.807, 2.05) is 4.90 Å². The van der Waals surface area contributed by atoms with E-state index >= 15 is 0 Å². The number of primary sulfonamides is 1. The number of benzene rings is 2. The van der Waals surface area contributed by atoms with Crippen molar-refractivity contribution in [3.63, 3.8) is 0 Å². The summed E-state index contributed by atoms with van der Waals surface area (Å²) >= 11 is 1.06. The highest BCUT2D eigenvalue weighted by molar-refractivity contribution is 7.89. The zero-order valence-corrected chi connectivity index (χ0v) is 19.3. The van der Waals surface area contributed by atoms with Gasteiger partial charge < -0.3 is 14.2 Å². The Morgan fingerprint density at radius 1 is 1.26 bits per heavy atom. The fourth-order valence-corrected chi connectivity index (χ4v) is 5.27. The summed E-state index contributed by atoms with van der Waals surface area (Å²) in [6, 6.07) is 8.49. The molecule has 2 N–H and O–H groups in total. The number of anilines is 1. The molecule has 0 saturated carbocycles. The molecule has 2 aromatic carbocycles. The maximum Gasteiger partial charge on any atom is 0.293 e. The normalized spacial score (nSPS) is 14.8. The zero-order valence-electron chi connectivity index (χ0n) is 17.7. The van der Waals surface area contributed by atoms with Crippen LogP contribution in [0, 0.1) is 22.5 Å². The monoisotopic (exact) mass is 501 g/mol. The number of carbonyl (C=O) groups is 1. The smallest absolute Gasteiger partial charge is 0.293 e. The van der Waals surface area contributed by atoms with Gasteiger partial charge in [0, 0.05) is 24.7 Å². The Bertz CT molecular complexity index is 1510. The maximum atomic E-state index is 12.9. The van der Waals surface area contributed by atoms with Gasteiger partial charge in [-0.15, -0.1) is 6.42 Å². The number of nitro groups is 1. The van der Waals surface area contributed by atoms with Gasteiger partial charge in [-0.3, -0.25) is 14.9 Å². The number of fused-ring (bicyclic) bond motifs is 1. The second-order valence-corrected chi connectivity index (χ2v) is 9.90. The molecule has 0 bridgehead atoms. The number of aromatic nitrogens is 1. The van der Waals surface area contributed by atoms with Crippen LogP contribution in [-0.4, -0.2) is 50.1 Å². The van der Waals surface area contributed by atoms with Crippen molar-refractivity contribution in [2.45, 2.75) is 11.4 Å². The van der Waals surface area contributed by atoms with Crippen LogP contribution < -0.4 is 14.8 Å². The van der Waals surface area contributed by atoms with E-state index in [1.165, 1.54) is 36.4 Å². The zero-order chi connectivity index (χ0) is 24.5. The second-order valence-electron chi connectivity index (χ2n) is 7.33. The summed E-state index contributed by atoms with van der Waals surface area (Å²) in [6.07, 6.45) is 5.46. The van der Waals surface area contributed by atoms with Crippen molar-refractivity contribution in [3.8, 4) is 12.3 Å². The number of rotatable bonds is 5. The summed E-state index contributed by atoms with van der Waals surface area (Å²) in [4.78, 5) is 30.2. The quantitative estimate of drug-likeness (QED) is 0.316. The van der Waals surface area contributed by atoms with Gasteiger partial charge in [-0.1, -0.05) is 17.3 Å². The van der Waals surface area contributed by atoms with Crippen molar-refractivity contribution in [2.24, 2.45) is 10.1 Å². The molecule has 0 unspecified atom stereocenters.